The van der Waals surface area contributed by atoms with Gasteiger partial charge in [-0.2, -0.15) is 0 Å². The molecule has 0 aliphatic carbocycles. The van der Waals surface area contributed by atoms with E-state index in [4.69, 9.17) is 9.84 Å². The molecule has 0 spiro atoms. The maximum absolute atomic E-state index is 8.26. The highest BCUT2D eigenvalue weighted by Crippen LogP contribution is 2.00. The minimum Gasteiger partial charge on any atom is -0.472 e. The lowest BCUT2D eigenvalue weighted by atomic mass is 10.8. The van der Waals surface area contributed by atoms with E-state index < -0.39 is 0 Å². The number of hydrogen-bond acceptors (Lipinski definition) is 5. The minimum absolute atomic E-state index is 0.0349. The van der Waals surface area contributed by atoms with Crippen molar-refractivity contribution in [2.75, 3.05) is 13.2 Å². The van der Waals surface area contributed by atoms with Gasteiger partial charge in [0.1, 0.15) is 6.61 Å². The van der Waals surface area contributed by atoms with Crippen LogP contribution in [0.1, 0.15) is 0 Å². The highest BCUT2D eigenvalue weighted by atomic mass is 16.5. The number of aliphatic hydroxyl groups is 1. The normalized spacial score (nSPS) is 9.44. The Bertz CT molecular complexity index is 151. The van der Waals surface area contributed by atoms with Crippen LogP contribution in [0, 0.1) is 0 Å². The molecule has 0 saturated heterocycles. The van der Waals surface area contributed by atoms with E-state index in [2.05, 4.69) is 14.9 Å². The van der Waals surface area contributed by atoms with Crippen molar-refractivity contribution in [3.05, 3.63) is 6.26 Å². The Morgan fingerprint density at radius 2 is 2.67 bits per heavy atom. The number of aliphatic hydroxyl groups excluding tert-OH is 1. The van der Waals surface area contributed by atoms with Gasteiger partial charge in [-0.15, -0.1) is 0 Å². The van der Waals surface area contributed by atoms with Crippen molar-refractivity contribution in [3.8, 4) is 5.88 Å². The number of ether oxygens (including phenoxy) is 1. The van der Waals surface area contributed by atoms with Crippen LogP contribution in [0.5, 0.6) is 5.88 Å². The highest BCUT2D eigenvalue weighted by Gasteiger charge is 1.94. The van der Waals surface area contributed by atoms with Gasteiger partial charge in [-0.05, 0) is 0 Å². The zero-order valence-electron chi connectivity index (χ0n) is 4.65. The fraction of sp³-hybridized carbons (Fsp3) is 0.500. The van der Waals surface area contributed by atoms with Crippen LogP contribution in [0.25, 0.3) is 0 Å². The molecular formula is C4H6N2O3. The van der Waals surface area contributed by atoms with E-state index in [1.165, 1.54) is 6.26 Å². The van der Waals surface area contributed by atoms with Crippen LogP contribution in [-0.2, 0) is 0 Å². The first kappa shape index (κ1) is 6.03. The molecular weight excluding hydrogens is 124 g/mol. The molecule has 0 fully saturated rings. The van der Waals surface area contributed by atoms with Gasteiger partial charge in [0.2, 0.25) is 0 Å². The summed E-state index contributed by atoms with van der Waals surface area (Å²) in [4.78, 5) is 0. The van der Waals surface area contributed by atoms with Crippen molar-refractivity contribution < 1.29 is 14.4 Å². The predicted molar refractivity (Wildman–Crippen MR) is 26.9 cm³/mol. The zero-order valence-corrected chi connectivity index (χ0v) is 4.65. The van der Waals surface area contributed by atoms with E-state index in [-0.39, 0.29) is 13.2 Å². The molecule has 1 N–H and O–H groups in total. The van der Waals surface area contributed by atoms with Gasteiger partial charge in [0, 0.05) is 5.27 Å². The third-order valence-electron chi connectivity index (χ3n) is 0.681. The van der Waals surface area contributed by atoms with Crippen LogP contribution in [0.15, 0.2) is 10.8 Å². The number of nitrogens with zero attached hydrogens (tertiary/aromatic N) is 2. The first-order valence-electron chi connectivity index (χ1n) is 2.44. The SMILES string of the molecule is OCCOc1conn1. The minimum atomic E-state index is -0.0349. The Balaban J connectivity index is 2.30. The zero-order chi connectivity index (χ0) is 6.53. The van der Waals surface area contributed by atoms with Gasteiger partial charge < -0.3 is 14.4 Å². The summed E-state index contributed by atoms with van der Waals surface area (Å²) in [5.74, 6) is 0.295. The molecule has 1 aromatic rings. The number of hydrogen-bond donors (Lipinski definition) is 1. The Morgan fingerprint density at radius 1 is 1.78 bits per heavy atom. The fourth-order valence-corrected chi connectivity index (χ4v) is 0.369. The summed E-state index contributed by atoms with van der Waals surface area (Å²) in [6.45, 7) is 0.182. The molecule has 1 rings (SSSR count). The number of rotatable bonds is 3. The molecule has 9 heavy (non-hydrogen) atoms. The molecule has 0 unspecified atom stereocenters. The van der Waals surface area contributed by atoms with Crippen molar-refractivity contribution >= 4 is 0 Å². The second kappa shape index (κ2) is 3.03. The van der Waals surface area contributed by atoms with Crippen LogP contribution in [0.3, 0.4) is 0 Å². The number of aromatic nitrogens is 2. The second-order valence-electron chi connectivity index (χ2n) is 1.32. The van der Waals surface area contributed by atoms with E-state index in [1.54, 1.807) is 0 Å². The molecule has 1 heterocycles. The lowest BCUT2D eigenvalue weighted by Crippen LogP contribution is -2.01. The maximum Gasteiger partial charge on any atom is 0.275 e. The quantitative estimate of drug-likeness (QED) is 0.594. The molecule has 0 aliphatic rings. The molecule has 0 aliphatic heterocycles. The standard InChI is InChI=1S/C4H6N2O3/c7-1-2-8-4-3-9-6-5-4/h3,7H,1-2H2. The van der Waals surface area contributed by atoms with Gasteiger partial charge in [-0.1, -0.05) is 5.10 Å². The topological polar surface area (TPSA) is 68.4 Å². The van der Waals surface area contributed by atoms with E-state index in [9.17, 15) is 0 Å². The van der Waals surface area contributed by atoms with Crippen molar-refractivity contribution in [2.45, 2.75) is 0 Å². The lowest BCUT2D eigenvalue weighted by Gasteiger charge is -1.93. The van der Waals surface area contributed by atoms with Crippen LogP contribution in [0.4, 0.5) is 0 Å². The third kappa shape index (κ3) is 1.69. The molecule has 0 bridgehead atoms. The maximum atomic E-state index is 8.26. The van der Waals surface area contributed by atoms with Crippen molar-refractivity contribution in [1.29, 1.82) is 0 Å². The third-order valence-corrected chi connectivity index (χ3v) is 0.681. The summed E-state index contributed by atoms with van der Waals surface area (Å²) >= 11 is 0. The van der Waals surface area contributed by atoms with Gasteiger partial charge in [-0.3, -0.25) is 0 Å². The first-order chi connectivity index (χ1) is 4.43. The smallest absolute Gasteiger partial charge is 0.275 e. The summed E-state index contributed by atoms with van der Waals surface area (Å²) in [6, 6.07) is 0. The van der Waals surface area contributed by atoms with Crippen LogP contribution in [-0.4, -0.2) is 28.7 Å². The van der Waals surface area contributed by atoms with Gasteiger partial charge in [-0.25, -0.2) is 0 Å². The molecule has 0 aromatic carbocycles. The average molecular weight is 130 g/mol. The Morgan fingerprint density at radius 3 is 3.22 bits per heavy atom. The Labute approximate surface area is 51.2 Å². The van der Waals surface area contributed by atoms with Gasteiger partial charge >= 0.3 is 0 Å². The summed E-state index contributed by atoms with van der Waals surface area (Å²) in [6.07, 6.45) is 1.26. The second-order valence-corrected chi connectivity index (χ2v) is 1.32. The summed E-state index contributed by atoms with van der Waals surface area (Å²) in [5.41, 5.74) is 0. The van der Waals surface area contributed by atoms with Gasteiger partial charge in [0.05, 0.1) is 6.61 Å². The lowest BCUT2D eigenvalue weighted by molar-refractivity contribution is 0.196. The van der Waals surface area contributed by atoms with Crippen molar-refractivity contribution in [2.24, 2.45) is 0 Å². The first-order valence-corrected chi connectivity index (χ1v) is 2.44. The molecule has 0 radical (unpaired) electrons. The Hall–Kier alpha value is -1.10. The van der Waals surface area contributed by atoms with Crippen LogP contribution < -0.4 is 4.74 Å². The molecule has 1 aromatic heterocycles. The predicted octanol–water partition coefficient (Wildman–Crippen LogP) is -0.559. The largest absolute Gasteiger partial charge is 0.472 e. The van der Waals surface area contributed by atoms with E-state index in [0.29, 0.717) is 5.88 Å². The molecule has 0 saturated carbocycles. The van der Waals surface area contributed by atoms with Gasteiger partial charge in [0.25, 0.3) is 5.88 Å². The molecule has 0 amide bonds. The molecule has 5 heteroatoms. The highest BCUT2D eigenvalue weighted by molar-refractivity contribution is 4.94. The summed E-state index contributed by atoms with van der Waals surface area (Å²) in [5, 5.41) is 14.8. The molecule has 0 atom stereocenters. The average Bonchev–Trinajstić information content (AvgIpc) is 2.34. The van der Waals surface area contributed by atoms with Crippen molar-refractivity contribution in [1.82, 2.24) is 10.4 Å². The van der Waals surface area contributed by atoms with Crippen LogP contribution in [0.2, 0.25) is 0 Å². The van der Waals surface area contributed by atoms with E-state index in [1.807, 2.05) is 0 Å². The fourth-order valence-electron chi connectivity index (χ4n) is 0.369. The summed E-state index contributed by atoms with van der Waals surface area (Å²) < 4.78 is 9.12. The van der Waals surface area contributed by atoms with Gasteiger partial charge in [0.15, 0.2) is 6.26 Å². The Kier molecular flexibility index (Phi) is 2.03. The van der Waals surface area contributed by atoms with E-state index in [0.717, 1.165) is 0 Å². The van der Waals surface area contributed by atoms with E-state index >= 15 is 0 Å². The van der Waals surface area contributed by atoms with Crippen LogP contribution >= 0.6 is 0 Å². The monoisotopic (exact) mass is 130 g/mol. The summed E-state index contributed by atoms with van der Waals surface area (Å²) in [7, 11) is 0. The van der Waals surface area contributed by atoms with Crippen molar-refractivity contribution in [3.63, 3.8) is 0 Å². The molecule has 5 nitrogen and oxygen atoms in total. The molecule has 50 valence electrons.